The Balaban J connectivity index is 3.87. The highest BCUT2D eigenvalue weighted by molar-refractivity contribution is 7.70. The van der Waals surface area contributed by atoms with Gasteiger partial charge in [-0.25, -0.2) is 0 Å². The number of hydrogen-bond acceptors (Lipinski definition) is 2. The maximum Gasteiger partial charge on any atom is 0.391 e. The highest BCUT2D eigenvalue weighted by atomic mass is 31.2. The highest BCUT2D eigenvalue weighted by Crippen LogP contribution is 2.37. The maximum absolute atomic E-state index is 10.4. The van der Waals surface area contributed by atoms with Gasteiger partial charge in [-0.1, -0.05) is 6.08 Å². The van der Waals surface area contributed by atoms with Crippen LogP contribution >= 0.6 is 7.60 Å². The molecule has 0 aliphatic heterocycles. The van der Waals surface area contributed by atoms with E-state index in [2.05, 4.69) is 6.58 Å². The van der Waals surface area contributed by atoms with E-state index in [4.69, 9.17) is 9.79 Å². The quantitative estimate of drug-likeness (QED) is 0.472. The molecule has 4 nitrogen and oxygen atoms in total. The standard InChI is InChI=1S/C5H9O4P/c1-2-3-4-5(6)10(7,8)9/h2H,1,3-4H2,(H2,7,8,9). The number of carbonyl (C=O) groups excluding carboxylic acids is 1. The van der Waals surface area contributed by atoms with Crippen molar-refractivity contribution in [2.45, 2.75) is 12.8 Å². The van der Waals surface area contributed by atoms with Gasteiger partial charge < -0.3 is 9.79 Å². The molecule has 0 aromatic heterocycles. The summed E-state index contributed by atoms with van der Waals surface area (Å²) in [6.07, 6.45) is 1.62. The molecule has 2 N–H and O–H groups in total. The molecule has 58 valence electrons. The average molecular weight is 164 g/mol. The van der Waals surface area contributed by atoms with Gasteiger partial charge in [-0.15, -0.1) is 6.58 Å². The summed E-state index contributed by atoms with van der Waals surface area (Å²) in [6, 6.07) is 0. The molecule has 0 rings (SSSR count). The number of rotatable bonds is 4. The third kappa shape index (κ3) is 3.56. The minimum absolute atomic E-state index is 0.131. The van der Waals surface area contributed by atoms with Crippen molar-refractivity contribution in [3.63, 3.8) is 0 Å². The van der Waals surface area contributed by atoms with Gasteiger partial charge in [-0.05, 0) is 6.42 Å². The maximum atomic E-state index is 10.4. The highest BCUT2D eigenvalue weighted by Gasteiger charge is 2.23. The second-order valence-electron chi connectivity index (χ2n) is 1.77. The summed E-state index contributed by atoms with van der Waals surface area (Å²) in [4.78, 5) is 26.9. The molecule has 0 unspecified atom stereocenters. The van der Waals surface area contributed by atoms with E-state index >= 15 is 0 Å². The molecule has 0 saturated heterocycles. The fraction of sp³-hybridized carbons (Fsp3) is 0.400. The van der Waals surface area contributed by atoms with Crippen molar-refractivity contribution in [3.8, 4) is 0 Å². The van der Waals surface area contributed by atoms with Crippen molar-refractivity contribution in [2.75, 3.05) is 0 Å². The minimum Gasteiger partial charge on any atom is -0.319 e. The summed E-state index contributed by atoms with van der Waals surface area (Å²) >= 11 is 0. The SMILES string of the molecule is C=CCCC(=O)P(=O)(O)O. The molecular formula is C5H9O4P. The molecule has 0 spiro atoms. The van der Waals surface area contributed by atoms with Gasteiger partial charge in [0.1, 0.15) is 0 Å². The summed E-state index contributed by atoms with van der Waals surface area (Å²) in [7, 11) is -4.47. The van der Waals surface area contributed by atoms with E-state index < -0.39 is 13.1 Å². The molecule has 0 aromatic carbocycles. The van der Waals surface area contributed by atoms with E-state index in [1.807, 2.05) is 0 Å². The fourth-order valence-electron chi connectivity index (χ4n) is 0.371. The molecule has 0 saturated carbocycles. The van der Waals surface area contributed by atoms with E-state index in [1.165, 1.54) is 6.08 Å². The Kier molecular flexibility index (Phi) is 3.50. The van der Waals surface area contributed by atoms with E-state index in [1.54, 1.807) is 0 Å². The molecule has 0 amide bonds. The molecule has 0 atom stereocenters. The zero-order valence-corrected chi connectivity index (χ0v) is 6.25. The van der Waals surface area contributed by atoms with Crippen LogP contribution in [0.3, 0.4) is 0 Å². The summed E-state index contributed by atoms with van der Waals surface area (Å²) in [5, 5.41) is 0. The Morgan fingerprint density at radius 3 is 2.40 bits per heavy atom. The van der Waals surface area contributed by atoms with Crippen LogP contribution in [0.1, 0.15) is 12.8 Å². The minimum atomic E-state index is -4.47. The van der Waals surface area contributed by atoms with Crippen molar-refractivity contribution >= 4 is 13.1 Å². The van der Waals surface area contributed by atoms with Crippen molar-refractivity contribution in [3.05, 3.63) is 12.7 Å². The molecule has 10 heavy (non-hydrogen) atoms. The van der Waals surface area contributed by atoms with Crippen LogP contribution < -0.4 is 0 Å². The predicted octanol–water partition coefficient (Wildman–Crippen LogP) is 0.657. The van der Waals surface area contributed by atoms with E-state index in [9.17, 15) is 9.36 Å². The first-order valence-corrected chi connectivity index (χ1v) is 4.29. The molecule has 0 radical (unpaired) electrons. The lowest BCUT2D eigenvalue weighted by molar-refractivity contribution is -0.113. The van der Waals surface area contributed by atoms with E-state index in [0.29, 0.717) is 6.42 Å². The second kappa shape index (κ2) is 3.66. The Morgan fingerprint density at radius 1 is 1.60 bits per heavy atom. The molecule has 0 fully saturated rings. The lowest BCUT2D eigenvalue weighted by Gasteiger charge is -1.98. The van der Waals surface area contributed by atoms with Crippen LogP contribution in [0.15, 0.2) is 12.7 Å². The van der Waals surface area contributed by atoms with Crippen LogP contribution in [-0.4, -0.2) is 15.3 Å². The lowest BCUT2D eigenvalue weighted by Crippen LogP contribution is -1.96. The molecule has 0 heterocycles. The van der Waals surface area contributed by atoms with Gasteiger partial charge in [0, 0.05) is 6.42 Å². The first kappa shape index (κ1) is 9.56. The largest absolute Gasteiger partial charge is 0.391 e. The van der Waals surface area contributed by atoms with Crippen LogP contribution in [0.2, 0.25) is 0 Å². The normalized spacial score (nSPS) is 11.0. The first-order chi connectivity index (χ1) is 4.48. The van der Waals surface area contributed by atoms with Gasteiger partial charge in [-0.3, -0.25) is 9.36 Å². The molecule has 5 heteroatoms. The topological polar surface area (TPSA) is 74.6 Å². The lowest BCUT2D eigenvalue weighted by atomic mass is 10.3. The second-order valence-corrected chi connectivity index (χ2v) is 3.35. The smallest absolute Gasteiger partial charge is 0.319 e. The van der Waals surface area contributed by atoms with E-state index in [0.717, 1.165) is 0 Å². The molecular weight excluding hydrogens is 155 g/mol. The summed E-state index contributed by atoms with van der Waals surface area (Å²) < 4.78 is 10.1. The zero-order chi connectivity index (χ0) is 8.20. The number of allylic oxidation sites excluding steroid dienone is 1. The zero-order valence-electron chi connectivity index (χ0n) is 5.36. The van der Waals surface area contributed by atoms with Crippen molar-refractivity contribution in [2.24, 2.45) is 0 Å². The molecule has 0 aromatic rings. The van der Waals surface area contributed by atoms with Gasteiger partial charge >= 0.3 is 7.60 Å². The van der Waals surface area contributed by atoms with Crippen LogP contribution in [0.4, 0.5) is 0 Å². The Hall–Kier alpha value is -0.440. The molecule has 0 bridgehead atoms. The number of hydrogen-bond donors (Lipinski definition) is 2. The Morgan fingerprint density at radius 2 is 2.10 bits per heavy atom. The van der Waals surface area contributed by atoms with Gasteiger partial charge in [0.25, 0.3) is 0 Å². The van der Waals surface area contributed by atoms with Crippen molar-refractivity contribution < 1.29 is 19.1 Å². The Bertz CT molecular complexity index is 180. The predicted molar refractivity (Wildman–Crippen MR) is 36.5 cm³/mol. The van der Waals surface area contributed by atoms with Crippen molar-refractivity contribution in [1.29, 1.82) is 0 Å². The van der Waals surface area contributed by atoms with Gasteiger partial charge in [0.05, 0.1) is 0 Å². The van der Waals surface area contributed by atoms with Gasteiger partial charge in [0.15, 0.2) is 0 Å². The fourth-order valence-corrected chi connectivity index (χ4v) is 0.792. The monoisotopic (exact) mass is 164 g/mol. The molecule has 0 aliphatic rings. The van der Waals surface area contributed by atoms with Gasteiger partial charge in [0.2, 0.25) is 5.52 Å². The van der Waals surface area contributed by atoms with Crippen LogP contribution in [-0.2, 0) is 9.36 Å². The van der Waals surface area contributed by atoms with Gasteiger partial charge in [-0.2, -0.15) is 0 Å². The van der Waals surface area contributed by atoms with Crippen LogP contribution in [0.25, 0.3) is 0 Å². The van der Waals surface area contributed by atoms with E-state index in [-0.39, 0.29) is 6.42 Å². The Labute approximate surface area is 58.7 Å². The van der Waals surface area contributed by atoms with Crippen molar-refractivity contribution in [1.82, 2.24) is 0 Å². The third-order valence-corrected chi connectivity index (χ3v) is 1.76. The molecule has 0 aliphatic carbocycles. The summed E-state index contributed by atoms with van der Waals surface area (Å²) in [6.45, 7) is 3.31. The number of carbonyl (C=O) groups is 1. The first-order valence-electron chi connectivity index (χ1n) is 2.68. The average Bonchev–Trinajstić information content (AvgIpc) is 1.80. The summed E-state index contributed by atoms with van der Waals surface area (Å²) in [5.41, 5.74) is -1.02. The van der Waals surface area contributed by atoms with Crippen LogP contribution in [0.5, 0.6) is 0 Å². The third-order valence-electron chi connectivity index (χ3n) is 0.887. The van der Waals surface area contributed by atoms with Crippen LogP contribution in [0, 0.1) is 0 Å². The summed E-state index contributed by atoms with van der Waals surface area (Å²) in [5.74, 6) is 0.